The fourth-order valence-corrected chi connectivity index (χ4v) is 9.36. The smallest absolute Gasteiger partial charge is 0.135 e. The number of hydrogen-bond acceptors (Lipinski definition) is 1. The van der Waals surface area contributed by atoms with Crippen LogP contribution in [0.3, 0.4) is 0 Å². The number of aromatic nitrogens is 1. The number of benzene rings is 9. The zero-order chi connectivity index (χ0) is 34.1. The predicted octanol–water partition coefficient (Wildman–Crippen LogP) is 13.9. The monoisotopic (exact) mass is 661 g/mol. The SMILES string of the molecule is CC1c2ccccc2-c2cc3c4ccccc4n(-c4ccc5oc6ccc(-c7ccc8c9ccccc9c9ccccc9c8c7)cc6c5c4)c3cc21. The molecule has 9 aromatic carbocycles. The van der Waals surface area contributed by atoms with Crippen molar-refractivity contribution in [1.29, 1.82) is 0 Å². The summed E-state index contributed by atoms with van der Waals surface area (Å²) >= 11 is 0. The fourth-order valence-electron chi connectivity index (χ4n) is 9.36. The topological polar surface area (TPSA) is 18.1 Å². The lowest BCUT2D eigenvalue weighted by Crippen LogP contribution is -1.95. The molecule has 2 nitrogen and oxygen atoms in total. The van der Waals surface area contributed by atoms with Gasteiger partial charge in [0.25, 0.3) is 0 Å². The molecule has 242 valence electrons. The Morgan fingerprint density at radius 3 is 1.73 bits per heavy atom. The average Bonchev–Trinajstić information content (AvgIpc) is 3.83. The molecular weight excluding hydrogens is 631 g/mol. The highest BCUT2D eigenvalue weighted by molar-refractivity contribution is 6.26. The first kappa shape index (κ1) is 28.1. The highest BCUT2D eigenvalue weighted by Crippen LogP contribution is 2.48. The van der Waals surface area contributed by atoms with E-state index in [1.165, 1.54) is 87.5 Å². The van der Waals surface area contributed by atoms with Crippen molar-refractivity contribution in [3.8, 4) is 27.9 Å². The van der Waals surface area contributed by atoms with E-state index in [0.29, 0.717) is 5.92 Å². The summed E-state index contributed by atoms with van der Waals surface area (Å²) < 4.78 is 8.91. The second-order valence-electron chi connectivity index (χ2n) is 14.5. The van der Waals surface area contributed by atoms with E-state index in [-0.39, 0.29) is 0 Å². The van der Waals surface area contributed by atoms with Gasteiger partial charge in [0.1, 0.15) is 11.2 Å². The van der Waals surface area contributed by atoms with Crippen LogP contribution >= 0.6 is 0 Å². The van der Waals surface area contributed by atoms with Gasteiger partial charge in [0.15, 0.2) is 0 Å². The van der Waals surface area contributed by atoms with Crippen LogP contribution in [-0.2, 0) is 0 Å². The van der Waals surface area contributed by atoms with E-state index in [4.69, 9.17) is 4.42 Å². The summed E-state index contributed by atoms with van der Waals surface area (Å²) in [7, 11) is 0. The van der Waals surface area contributed by atoms with Gasteiger partial charge in [-0.1, -0.05) is 116 Å². The van der Waals surface area contributed by atoms with E-state index in [2.05, 4.69) is 175 Å². The molecule has 0 spiro atoms. The molecule has 0 N–H and O–H groups in total. The number of nitrogens with zero attached hydrogens (tertiary/aromatic N) is 1. The van der Waals surface area contributed by atoms with Gasteiger partial charge in [-0.25, -0.2) is 0 Å². The van der Waals surface area contributed by atoms with Crippen LogP contribution in [-0.4, -0.2) is 4.57 Å². The molecule has 0 amide bonds. The van der Waals surface area contributed by atoms with Gasteiger partial charge in [0, 0.05) is 33.2 Å². The number of rotatable bonds is 2. The molecular formula is C50H31NO. The van der Waals surface area contributed by atoms with Gasteiger partial charge in [0.05, 0.1) is 11.0 Å². The molecule has 0 radical (unpaired) electrons. The minimum absolute atomic E-state index is 0.354. The van der Waals surface area contributed by atoms with Crippen molar-refractivity contribution in [2.24, 2.45) is 0 Å². The van der Waals surface area contributed by atoms with Crippen molar-refractivity contribution < 1.29 is 4.42 Å². The van der Waals surface area contributed by atoms with E-state index in [1.807, 2.05) is 0 Å². The summed E-state index contributed by atoms with van der Waals surface area (Å²) in [6, 6.07) is 60.4. The largest absolute Gasteiger partial charge is 0.456 e. The van der Waals surface area contributed by atoms with Gasteiger partial charge >= 0.3 is 0 Å². The Bertz CT molecular complexity index is 3290. The Morgan fingerprint density at radius 1 is 0.385 bits per heavy atom. The number of furan rings is 1. The summed E-state index contributed by atoms with van der Waals surface area (Å²) in [6.45, 7) is 2.34. The van der Waals surface area contributed by atoms with Crippen molar-refractivity contribution in [1.82, 2.24) is 4.57 Å². The van der Waals surface area contributed by atoms with Crippen LogP contribution < -0.4 is 0 Å². The molecule has 52 heavy (non-hydrogen) atoms. The van der Waals surface area contributed by atoms with Crippen molar-refractivity contribution in [3.63, 3.8) is 0 Å². The maximum atomic E-state index is 6.47. The Balaban J connectivity index is 1.06. The van der Waals surface area contributed by atoms with E-state index in [1.54, 1.807) is 0 Å². The molecule has 1 aliphatic rings. The maximum Gasteiger partial charge on any atom is 0.135 e. The Hall–Kier alpha value is -6.64. The molecule has 2 heterocycles. The molecule has 1 unspecified atom stereocenters. The summed E-state index contributed by atoms with van der Waals surface area (Å²) in [5.41, 5.74) is 13.3. The highest BCUT2D eigenvalue weighted by atomic mass is 16.3. The van der Waals surface area contributed by atoms with Gasteiger partial charge in [0.2, 0.25) is 0 Å². The zero-order valence-electron chi connectivity index (χ0n) is 28.5. The minimum Gasteiger partial charge on any atom is -0.456 e. The Labute approximate surface area is 299 Å². The molecule has 11 aromatic rings. The predicted molar refractivity (Wildman–Crippen MR) is 219 cm³/mol. The molecule has 0 saturated carbocycles. The zero-order valence-corrected chi connectivity index (χ0v) is 28.5. The van der Waals surface area contributed by atoms with Crippen molar-refractivity contribution in [2.75, 3.05) is 0 Å². The summed E-state index contributed by atoms with van der Waals surface area (Å²) in [6.07, 6.45) is 0. The molecule has 1 aliphatic carbocycles. The van der Waals surface area contributed by atoms with Crippen LogP contribution in [0.25, 0.3) is 104 Å². The number of fused-ring (bicyclic) bond motifs is 15. The second kappa shape index (κ2) is 10.2. The lowest BCUT2D eigenvalue weighted by molar-refractivity contribution is 0.669. The van der Waals surface area contributed by atoms with Crippen LogP contribution in [0.15, 0.2) is 168 Å². The summed E-state index contributed by atoms with van der Waals surface area (Å²) in [5, 5.41) is 12.5. The molecule has 2 heteroatoms. The molecule has 1 atom stereocenters. The van der Waals surface area contributed by atoms with Crippen LogP contribution in [0.5, 0.6) is 0 Å². The minimum atomic E-state index is 0.354. The molecule has 12 rings (SSSR count). The number of para-hydroxylation sites is 1. The van der Waals surface area contributed by atoms with E-state index in [0.717, 1.165) is 27.6 Å². The van der Waals surface area contributed by atoms with Gasteiger partial charge in [-0.05, 0) is 120 Å². The quantitative estimate of drug-likeness (QED) is 0.169. The third-order valence-electron chi connectivity index (χ3n) is 11.8. The van der Waals surface area contributed by atoms with Gasteiger partial charge < -0.3 is 8.98 Å². The second-order valence-corrected chi connectivity index (χ2v) is 14.5. The van der Waals surface area contributed by atoms with Gasteiger partial charge in [-0.15, -0.1) is 0 Å². The molecule has 0 aliphatic heterocycles. The Morgan fingerprint density at radius 2 is 0.962 bits per heavy atom. The fraction of sp³-hybridized carbons (Fsp3) is 0.0400. The van der Waals surface area contributed by atoms with Crippen LogP contribution in [0.1, 0.15) is 24.0 Å². The first-order chi connectivity index (χ1) is 25.7. The standard InChI is InChI=1S/C50H31NO/c1-29-33-10-2-3-11-34(33)43-27-44-40-16-8-9-17-47(40)51(48(44)28-41(29)43)32-20-23-50-46(26-32)45-25-31(19-22-49(45)52-50)30-18-21-39-37-14-5-4-12-35(37)36-13-6-7-15-38(36)42(39)24-30/h2-29H,1H3. The summed E-state index contributed by atoms with van der Waals surface area (Å²) in [4.78, 5) is 0. The van der Waals surface area contributed by atoms with Crippen LogP contribution in [0.4, 0.5) is 0 Å². The normalized spacial score (nSPS) is 14.1. The van der Waals surface area contributed by atoms with Crippen molar-refractivity contribution >= 4 is 76.1 Å². The third-order valence-corrected chi connectivity index (χ3v) is 11.8. The first-order valence-electron chi connectivity index (χ1n) is 18.2. The lowest BCUT2D eigenvalue weighted by atomic mass is 9.92. The van der Waals surface area contributed by atoms with Crippen LogP contribution in [0, 0.1) is 0 Å². The Kier molecular flexibility index (Phi) is 5.52. The van der Waals surface area contributed by atoms with Crippen molar-refractivity contribution in [2.45, 2.75) is 12.8 Å². The lowest BCUT2D eigenvalue weighted by Gasteiger charge is -2.12. The maximum absolute atomic E-state index is 6.47. The third kappa shape index (κ3) is 3.73. The van der Waals surface area contributed by atoms with Crippen molar-refractivity contribution in [3.05, 3.63) is 175 Å². The van der Waals surface area contributed by atoms with E-state index >= 15 is 0 Å². The summed E-state index contributed by atoms with van der Waals surface area (Å²) in [5.74, 6) is 0.354. The molecule has 0 bridgehead atoms. The van der Waals surface area contributed by atoms with E-state index < -0.39 is 0 Å². The van der Waals surface area contributed by atoms with Gasteiger partial charge in [-0.2, -0.15) is 0 Å². The van der Waals surface area contributed by atoms with Gasteiger partial charge in [-0.3, -0.25) is 0 Å². The number of hydrogen-bond donors (Lipinski definition) is 0. The first-order valence-corrected chi connectivity index (χ1v) is 18.2. The van der Waals surface area contributed by atoms with E-state index in [9.17, 15) is 0 Å². The molecule has 0 fully saturated rings. The van der Waals surface area contributed by atoms with Crippen LogP contribution in [0.2, 0.25) is 0 Å². The molecule has 0 saturated heterocycles. The highest BCUT2D eigenvalue weighted by Gasteiger charge is 2.27. The average molecular weight is 662 g/mol. The molecule has 2 aromatic heterocycles.